The van der Waals surface area contributed by atoms with Crippen LogP contribution in [0.25, 0.3) is 0 Å². The molecule has 0 saturated heterocycles. The van der Waals surface area contributed by atoms with Gasteiger partial charge in [-0.05, 0) is 37.1 Å². The van der Waals surface area contributed by atoms with Crippen molar-refractivity contribution >= 4 is 12.4 Å². The number of rotatable bonds is 5. The predicted molar refractivity (Wildman–Crippen MR) is 45.2 cm³/mol. The standard InChI is InChI=1S/C8H16N2/c1-8(2,5-7-10)4-3-6-9/h6-7,9-10H,3-5H2,1-2H3. The van der Waals surface area contributed by atoms with Crippen molar-refractivity contribution < 1.29 is 0 Å². The molecule has 0 rings (SSSR count). The maximum atomic E-state index is 6.91. The Bertz CT molecular complexity index is 116. The van der Waals surface area contributed by atoms with Crippen LogP contribution in [0.2, 0.25) is 0 Å². The lowest BCUT2D eigenvalue weighted by Gasteiger charge is -2.20. The van der Waals surface area contributed by atoms with Crippen LogP contribution in [-0.2, 0) is 0 Å². The zero-order chi connectivity index (χ0) is 8.04. The molecule has 0 radical (unpaired) electrons. The van der Waals surface area contributed by atoms with Crippen molar-refractivity contribution in [2.24, 2.45) is 5.41 Å². The molecular formula is C8H16N2. The van der Waals surface area contributed by atoms with Crippen molar-refractivity contribution in [3.63, 3.8) is 0 Å². The normalized spacial score (nSPS) is 11.0. The number of hydrogen-bond donors (Lipinski definition) is 2. The first-order valence-corrected chi connectivity index (χ1v) is 3.60. The van der Waals surface area contributed by atoms with Crippen molar-refractivity contribution in [3.8, 4) is 0 Å². The Morgan fingerprint density at radius 2 is 1.80 bits per heavy atom. The fourth-order valence-corrected chi connectivity index (χ4v) is 0.841. The van der Waals surface area contributed by atoms with Crippen molar-refractivity contribution in [1.29, 1.82) is 10.8 Å². The van der Waals surface area contributed by atoms with E-state index in [4.69, 9.17) is 10.8 Å². The highest BCUT2D eigenvalue weighted by Crippen LogP contribution is 2.24. The molecule has 0 saturated carbocycles. The molecule has 0 bridgehead atoms. The van der Waals surface area contributed by atoms with Gasteiger partial charge < -0.3 is 10.8 Å². The molecule has 0 aliphatic heterocycles. The Morgan fingerprint density at radius 3 is 2.20 bits per heavy atom. The predicted octanol–water partition coefficient (Wildman–Crippen LogP) is 2.48. The number of hydrogen-bond acceptors (Lipinski definition) is 2. The molecule has 2 nitrogen and oxygen atoms in total. The Labute approximate surface area is 62.7 Å². The van der Waals surface area contributed by atoms with Crippen molar-refractivity contribution in [1.82, 2.24) is 0 Å². The third-order valence-electron chi connectivity index (χ3n) is 1.62. The Hall–Kier alpha value is -0.660. The summed E-state index contributed by atoms with van der Waals surface area (Å²) < 4.78 is 0. The van der Waals surface area contributed by atoms with Crippen LogP contribution in [-0.4, -0.2) is 12.4 Å². The molecule has 0 aliphatic carbocycles. The average Bonchev–Trinajstić information content (AvgIpc) is 1.84. The minimum atomic E-state index is 0.208. The van der Waals surface area contributed by atoms with Gasteiger partial charge >= 0.3 is 0 Å². The van der Waals surface area contributed by atoms with Gasteiger partial charge in [-0.3, -0.25) is 0 Å². The minimum absolute atomic E-state index is 0.208. The zero-order valence-electron chi connectivity index (χ0n) is 6.78. The van der Waals surface area contributed by atoms with Gasteiger partial charge in [0.1, 0.15) is 0 Å². The van der Waals surface area contributed by atoms with Crippen LogP contribution in [0.5, 0.6) is 0 Å². The molecule has 0 aromatic carbocycles. The van der Waals surface area contributed by atoms with E-state index in [1.165, 1.54) is 12.4 Å². The monoisotopic (exact) mass is 140 g/mol. The highest BCUT2D eigenvalue weighted by atomic mass is 14.4. The summed E-state index contributed by atoms with van der Waals surface area (Å²) in [6.07, 6.45) is 5.54. The van der Waals surface area contributed by atoms with Gasteiger partial charge in [0, 0.05) is 0 Å². The Kier molecular flexibility index (Phi) is 3.93. The number of nitrogens with one attached hydrogen (secondary N) is 2. The van der Waals surface area contributed by atoms with Gasteiger partial charge in [0.25, 0.3) is 0 Å². The molecule has 0 amide bonds. The molecule has 2 heteroatoms. The fourth-order valence-electron chi connectivity index (χ4n) is 0.841. The van der Waals surface area contributed by atoms with Gasteiger partial charge in [0.2, 0.25) is 0 Å². The summed E-state index contributed by atoms with van der Waals surface area (Å²) in [6, 6.07) is 0. The van der Waals surface area contributed by atoms with E-state index in [2.05, 4.69) is 13.8 Å². The van der Waals surface area contributed by atoms with E-state index in [0.29, 0.717) is 0 Å². The molecule has 0 heterocycles. The van der Waals surface area contributed by atoms with E-state index in [-0.39, 0.29) is 5.41 Å². The topological polar surface area (TPSA) is 47.7 Å². The van der Waals surface area contributed by atoms with Crippen LogP contribution in [0.4, 0.5) is 0 Å². The molecule has 0 fully saturated rings. The molecule has 0 aliphatic rings. The van der Waals surface area contributed by atoms with Gasteiger partial charge in [0.05, 0.1) is 0 Å². The smallest absolute Gasteiger partial charge is 0.00424 e. The third-order valence-corrected chi connectivity index (χ3v) is 1.62. The van der Waals surface area contributed by atoms with Crippen LogP contribution >= 0.6 is 0 Å². The van der Waals surface area contributed by atoms with Gasteiger partial charge in [-0.1, -0.05) is 13.8 Å². The molecule has 0 atom stereocenters. The summed E-state index contributed by atoms with van der Waals surface area (Å²) in [5, 5.41) is 13.7. The van der Waals surface area contributed by atoms with E-state index in [0.717, 1.165) is 19.3 Å². The van der Waals surface area contributed by atoms with Gasteiger partial charge in [0.15, 0.2) is 0 Å². The minimum Gasteiger partial charge on any atom is -0.313 e. The first-order chi connectivity index (χ1) is 4.62. The van der Waals surface area contributed by atoms with Crippen LogP contribution in [0.15, 0.2) is 0 Å². The highest BCUT2D eigenvalue weighted by molar-refractivity contribution is 5.55. The van der Waals surface area contributed by atoms with Crippen molar-refractivity contribution in [3.05, 3.63) is 0 Å². The third kappa shape index (κ3) is 4.24. The van der Waals surface area contributed by atoms with Crippen LogP contribution in [0, 0.1) is 16.2 Å². The van der Waals surface area contributed by atoms with Gasteiger partial charge in [-0.25, -0.2) is 0 Å². The summed E-state index contributed by atoms with van der Waals surface area (Å²) in [6.45, 7) is 4.25. The lowest BCUT2D eigenvalue weighted by Crippen LogP contribution is -2.11. The summed E-state index contributed by atoms with van der Waals surface area (Å²) >= 11 is 0. The van der Waals surface area contributed by atoms with Crippen LogP contribution < -0.4 is 0 Å². The fraction of sp³-hybridized carbons (Fsp3) is 0.750. The molecule has 0 aromatic rings. The van der Waals surface area contributed by atoms with Crippen molar-refractivity contribution in [2.45, 2.75) is 33.1 Å². The lowest BCUT2D eigenvalue weighted by atomic mass is 9.85. The lowest BCUT2D eigenvalue weighted by molar-refractivity contribution is 0.361. The quantitative estimate of drug-likeness (QED) is 0.551. The molecule has 0 unspecified atom stereocenters. The van der Waals surface area contributed by atoms with E-state index in [1.54, 1.807) is 0 Å². The summed E-state index contributed by atoms with van der Waals surface area (Å²) in [4.78, 5) is 0. The van der Waals surface area contributed by atoms with Crippen LogP contribution in [0.3, 0.4) is 0 Å². The van der Waals surface area contributed by atoms with E-state index in [1.807, 2.05) is 0 Å². The summed E-state index contributed by atoms with van der Waals surface area (Å²) in [5.41, 5.74) is 0.208. The first kappa shape index (κ1) is 9.34. The van der Waals surface area contributed by atoms with Crippen LogP contribution in [0.1, 0.15) is 33.1 Å². The Balaban J connectivity index is 3.61. The SMILES string of the molecule is CC(C)(CC=N)CCC=N. The first-order valence-electron chi connectivity index (χ1n) is 3.60. The summed E-state index contributed by atoms with van der Waals surface area (Å²) in [5.74, 6) is 0. The van der Waals surface area contributed by atoms with Gasteiger partial charge in [-0.2, -0.15) is 0 Å². The molecule has 2 N–H and O–H groups in total. The molecule has 58 valence electrons. The van der Waals surface area contributed by atoms with E-state index < -0.39 is 0 Å². The molecular weight excluding hydrogens is 124 g/mol. The highest BCUT2D eigenvalue weighted by Gasteiger charge is 2.14. The zero-order valence-corrected chi connectivity index (χ0v) is 6.78. The second-order valence-electron chi connectivity index (χ2n) is 3.32. The van der Waals surface area contributed by atoms with Crippen molar-refractivity contribution in [2.75, 3.05) is 0 Å². The average molecular weight is 140 g/mol. The largest absolute Gasteiger partial charge is 0.313 e. The maximum absolute atomic E-state index is 6.91. The summed E-state index contributed by atoms with van der Waals surface area (Å²) in [7, 11) is 0. The van der Waals surface area contributed by atoms with E-state index >= 15 is 0 Å². The Morgan fingerprint density at radius 1 is 1.20 bits per heavy atom. The second kappa shape index (κ2) is 4.20. The second-order valence-corrected chi connectivity index (χ2v) is 3.32. The maximum Gasteiger partial charge on any atom is -0.00424 e. The molecule has 0 aromatic heterocycles. The van der Waals surface area contributed by atoms with Gasteiger partial charge in [-0.15, -0.1) is 0 Å². The van der Waals surface area contributed by atoms with E-state index in [9.17, 15) is 0 Å². The molecule has 10 heavy (non-hydrogen) atoms. The molecule has 0 spiro atoms.